The highest BCUT2D eigenvalue weighted by Crippen LogP contribution is 2.21. The van der Waals surface area contributed by atoms with Gasteiger partial charge in [-0.15, -0.1) is 0 Å². The molecule has 1 amide bonds. The van der Waals surface area contributed by atoms with E-state index in [1.54, 1.807) is 0 Å². The average molecular weight is 512 g/mol. The molecule has 6 nitrogen and oxygen atoms in total. The number of benzene rings is 2. The first kappa shape index (κ1) is 27.3. The third-order valence-electron chi connectivity index (χ3n) is 7.39. The molecule has 2 heterocycles. The predicted octanol–water partition coefficient (Wildman–Crippen LogP) is 4.84. The van der Waals surface area contributed by atoms with Crippen LogP contribution in [0.4, 0.5) is 0 Å². The van der Waals surface area contributed by atoms with E-state index >= 15 is 0 Å². The summed E-state index contributed by atoms with van der Waals surface area (Å²) in [5, 5.41) is 0. The molecule has 0 aliphatic carbocycles. The molecule has 0 bridgehead atoms. The van der Waals surface area contributed by atoms with Crippen LogP contribution in [0.15, 0.2) is 84.2 Å². The maximum absolute atomic E-state index is 13.6. The fourth-order valence-electron chi connectivity index (χ4n) is 4.99. The summed E-state index contributed by atoms with van der Waals surface area (Å²) in [5.74, 6) is 0.183. The monoisotopic (exact) mass is 511 g/mol. The van der Waals surface area contributed by atoms with Crippen molar-refractivity contribution in [3.63, 3.8) is 0 Å². The molecule has 1 unspecified atom stereocenters. The quantitative estimate of drug-likeness (QED) is 0.305. The first-order valence-corrected chi connectivity index (χ1v) is 13.3. The van der Waals surface area contributed by atoms with Gasteiger partial charge in [0.15, 0.2) is 5.78 Å². The number of piperazine rings is 1. The van der Waals surface area contributed by atoms with Crippen molar-refractivity contribution < 1.29 is 9.59 Å². The third-order valence-corrected chi connectivity index (χ3v) is 7.39. The van der Waals surface area contributed by atoms with Gasteiger partial charge in [-0.25, -0.2) is 0 Å². The Balaban J connectivity index is 1.52. The Morgan fingerprint density at radius 1 is 0.868 bits per heavy atom. The minimum Gasteiger partial charge on any atom is -0.337 e. The number of hydrogen-bond acceptors (Lipinski definition) is 4. The molecule has 1 aliphatic heterocycles. The van der Waals surface area contributed by atoms with Gasteiger partial charge in [0.25, 0.3) is 5.56 Å². The second kappa shape index (κ2) is 12.2. The van der Waals surface area contributed by atoms with E-state index in [2.05, 4.69) is 24.5 Å². The Labute approximate surface area is 225 Å². The first-order chi connectivity index (χ1) is 18.3. The van der Waals surface area contributed by atoms with E-state index < -0.39 is 0 Å². The molecule has 38 heavy (non-hydrogen) atoms. The molecule has 0 spiro atoms. The van der Waals surface area contributed by atoms with Crippen molar-refractivity contribution in [1.82, 2.24) is 14.4 Å². The number of ketones is 1. The number of carbonyl (C=O) groups excluding carboxylic acids is 2. The molecule has 1 atom stereocenters. The van der Waals surface area contributed by atoms with Gasteiger partial charge in [0.1, 0.15) is 0 Å². The summed E-state index contributed by atoms with van der Waals surface area (Å²) in [5.41, 5.74) is 4.25. The van der Waals surface area contributed by atoms with Gasteiger partial charge in [0.05, 0.1) is 0 Å². The zero-order valence-corrected chi connectivity index (χ0v) is 22.6. The van der Waals surface area contributed by atoms with E-state index in [1.807, 2.05) is 84.0 Å². The van der Waals surface area contributed by atoms with Crippen molar-refractivity contribution in [1.29, 1.82) is 0 Å². The van der Waals surface area contributed by atoms with Crippen LogP contribution in [-0.2, 0) is 17.9 Å². The Morgan fingerprint density at radius 2 is 1.50 bits per heavy atom. The topological polar surface area (TPSA) is 62.6 Å². The van der Waals surface area contributed by atoms with Gasteiger partial charge in [0.2, 0.25) is 5.91 Å². The van der Waals surface area contributed by atoms with Crippen LogP contribution < -0.4 is 5.56 Å². The largest absolute Gasteiger partial charge is 0.337 e. The molecule has 0 N–H and O–H groups in total. The summed E-state index contributed by atoms with van der Waals surface area (Å²) in [4.78, 5) is 42.4. The molecule has 1 fully saturated rings. The van der Waals surface area contributed by atoms with Crippen molar-refractivity contribution in [3.05, 3.63) is 118 Å². The van der Waals surface area contributed by atoms with Crippen molar-refractivity contribution in [3.8, 4) is 0 Å². The molecule has 1 aromatic heterocycles. The molecule has 198 valence electrons. The van der Waals surface area contributed by atoms with Gasteiger partial charge in [0, 0.05) is 61.7 Å². The van der Waals surface area contributed by atoms with Gasteiger partial charge in [-0.2, -0.15) is 0 Å². The molecular weight excluding hydrogens is 474 g/mol. The SMILES string of the molecule is C=CC(=O)N1CCN(Cc2ccc(C(C)C)c(=O)n2CC(C)c2ccc(C(=O)c3ccccc3)cc2)CC1. The minimum atomic E-state index is -0.0341. The fraction of sp³-hybridized carbons (Fsp3) is 0.344. The van der Waals surface area contributed by atoms with Crippen LogP contribution in [0.25, 0.3) is 0 Å². The van der Waals surface area contributed by atoms with Gasteiger partial charge in [-0.1, -0.05) is 88.0 Å². The number of hydrogen-bond donors (Lipinski definition) is 0. The maximum Gasteiger partial charge on any atom is 0.254 e. The van der Waals surface area contributed by atoms with Crippen molar-refractivity contribution in [2.45, 2.75) is 45.7 Å². The van der Waals surface area contributed by atoms with Gasteiger partial charge in [-0.3, -0.25) is 19.3 Å². The summed E-state index contributed by atoms with van der Waals surface area (Å²) < 4.78 is 1.92. The summed E-state index contributed by atoms with van der Waals surface area (Å²) in [6, 6.07) is 21.1. The molecule has 1 saturated heterocycles. The highest BCUT2D eigenvalue weighted by molar-refractivity contribution is 6.08. The standard InChI is InChI=1S/C32H37N3O3/c1-5-30(36)34-19-17-33(18-20-34)22-28-15-16-29(23(2)3)32(38)35(28)21-24(4)25-11-13-27(14-12-25)31(37)26-9-7-6-8-10-26/h5-16,23-24H,1,17-22H2,2-4H3. The van der Waals surface area contributed by atoms with Crippen molar-refractivity contribution in [2.75, 3.05) is 26.2 Å². The fourth-order valence-corrected chi connectivity index (χ4v) is 4.99. The lowest BCUT2D eigenvalue weighted by atomic mass is 9.96. The summed E-state index contributed by atoms with van der Waals surface area (Å²) in [6.45, 7) is 13.8. The highest BCUT2D eigenvalue weighted by atomic mass is 16.2. The molecule has 3 aromatic rings. The van der Waals surface area contributed by atoms with E-state index in [4.69, 9.17) is 0 Å². The highest BCUT2D eigenvalue weighted by Gasteiger charge is 2.22. The zero-order chi connectivity index (χ0) is 27.2. The Morgan fingerprint density at radius 3 is 2.11 bits per heavy atom. The van der Waals surface area contributed by atoms with Gasteiger partial charge >= 0.3 is 0 Å². The molecule has 0 saturated carbocycles. The first-order valence-electron chi connectivity index (χ1n) is 13.3. The summed E-state index contributed by atoms with van der Waals surface area (Å²) in [6.07, 6.45) is 1.36. The number of carbonyl (C=O) groups is 2. The number of amides is 1. The lowest BCUT2D eigenvalue weighted by Crippen LogP contribution is -2.48. The van der Waals surface area contributed by atoms with Crippen molar-refractivity contribution in [2.24, 2.45) is 0 Å². The Kier molecular flexibility index (Phi) is 8.74. The number of aromatic nitrogens is 1. The lowest BCUT2D eigenvalue weighted by molar-refractivity contribution is -0.127. The Hall–Kier alpha value is -3.77. The zero-order valence-electron chi connectivity index (χ0n) is 22.6. The normalized spacial score (nSPS) is 14.9. The Bertz CT molecular complexity index is 1330. The van der Waals surface area contributed by atoms with Crippen LogP contribution in [0.2, 0.25) is 0 Å². The van der Waals surface area contributed by atoms with Crippen molar-refractivity contribution >= 4 is 11.7 Å². The molecule has 0 radical (unpaired) electrons. The molecular formula is C32H37N3O3. The third kappa shape index (κ3) is 6.20. The maximum atomic E-state index is 13.6. The summed E-state index contributed by atoms with van der Waals surface area (Å²) >= 11 is 0. The van der Waals surface area contributed by atoms with Crippen LogP contribution in [0.5, 0.6) is 0 Å². The number of pyridine rings is 1. The van der Waals surface area contributed by atoms with Crippen LogP contribution >= 0.6 is 0 Å². The van der Waals surface area contributed by atoms with E-state index in [1.165, 1.54) is 6.08 Å². The van der Waals surface area contributed by atoms with Crippen LogP contribution in [-0.4, -0.2) is 52.2 Å². The second-order valence-corrected chi connectivity index (χ2v) is 10.4. The molecule has 4 rings (SSSR count). The van der Waals surface area contributed by atoms with E-state index in [0.717, 1.165) is 29.9 Å². The number of rotatable bonds is 9. The smallest absolute Gasteiger partial charge is 0.254 e. The summed E-state index contributed by atoms with van der Waals surface area (Å²) in [7, 11) is 0. The lowest BCUT2D eigenvalue weighted by Gasteiger charge is -2.34. The number of nitrogens with zero attached hydrogens (tertiary/aromatic N) is 3. The van der Waals surface area contributed by atoms with Gasteiger partial charge in [-0.05, 0) is 29.5 Å². The van der Waals surface area contributed by atoms with Crippen LogP contribution in [0, 0.1) is 0 Å². The minimum absolute atomic E-state index is 0.00262. The average Bonchev–Trinajstić information content (AvgIpc) is 2.94. The van der Waals surface area contributed by atoms with Crippen LogP contribution in [0.3, 0.4) is 0 Å². The van der Waals surface area contributed by atoms with Crippen LogP contribution in [0.1, 0.15) is 65.3 Å². The van der Waals surface area contributed by atoms with E-state index in [0.29, 0.717) is 37.3 Å². The van der Waals surface area contributed by atoms with E-state index in [-0.39, 0.29) is 29.1 Å². The molecule has 2 aromatic carbocycles. The predicted molar refractivity (Wildman–Crippen MR) is 152 cm³/mol. The molecule has 1 aliphatic rings. The van der Waals surface area contributed by atoms with E-state index in [9.17, 15) is 14.4 Å². The second-order valence-electron chi connectivity index (χ2n) is 10.4. The van der Waals surface area contributed by atoms with Gasteiger partial charge < -0.3 is 9.47 Å². The molecule has 6 heteroatoms.